The first-order chi connectivity index (χ1) is 9.38. The molecule has 0 fully saturated rings. The van der Waals surface area contributed by atoms with Crippen LogP contribution in [0.15, 0.2) is 47.5 Å². The molecule has 0 saturated carbocycles. The molecule has 0 atom stereocenters. The first kappa shape index (κ1) is 14.8. The van der Waals surface area contributed by atoms with Gasteiger partial charge in [0.25, 0.3) is 9.05 Å². The van der Waals surface area contributed by atoms with Crippen LogP contribution in [-0.2, 0) is 9.05 Å². The molecule has 0 bridgehead atoms. The van der Waals surface area contributed by atoms with E-state index in [1.165, 1.54) is 23.9 Å². The van der Waals surface area contributed by atoms with E-state index in [1.54, 1.807) is 12.1 Å². The van der Waals surface area contributed by atoms with Crippen LogP contribution in [0.1, 0.15) is 25.3 Å². The molecule has 1 heterocycles. The number of hydrogen-bond donors (Lipinski definition) is 0. The van der Waals surface area contributed by atoms with Gasteiger partial charge >= 0.3 is 0 Å². The van der Waals surface area contributed by atoms with Gasteiger partial charge in [0, 0.05) is 16.9 Å². The molecule has 0 aliphatic carbocycles. The molecule has 6 heteroatoms. The van der Waals surface area contributed by atoms with Gasteiger partial charge in [0.2, 0.25) is 5.88 Å². The lowest BCUT2D eigenvalue weighted by Gasteiger charge is -2.09. The summed E-state index contributed by atoms with van der Waals surface area (Å²) in [5.74, 6) is 0.896. The molecule has 1 aromatic heterocycles. The monoisotopic (exact) mass is 311 g/mol. The van der Waals surface area contributed by atoms with E-state index in [1.807, 2.05) is 12.1 Å². The fourth-order valence-corrected chi connectivity index (χ4v) is 2.57. The highest BCUT2D eigenvalue weighted by Gasteiger charge is 2.18. The van der Waals surface area contributed by atoms with Gasteiger partial charge in [-0.25, -0.2) is 13.4 Å². The van der Waals surface area contributed by atoms with Crippen LogP contribution in [0.4, 0.5) is 0 Å². The van der Waals surface area contributed by atoms with Gasteiger partial charge < -0.3 is 4.74 Å². The summed E-state index contributed by atoms with van der Waals surface area (Å²) in [5, 5.41) is 0. The molecule has 0 aliphatic rings. The lowest BCUT2D eigenvalue weighted by Crippen LogP contribution is -1.98. The van der Waals surface area contributed by atoms with E-state index >= 15 is 0 Å². The minimum absolute atomic E-state index is 0.0280. The highest BCUT2D eigenvalue weighted by atomic mass is 35.7. The Hall–Kier alpha value is -1.59. The molecule has 0 aliphatic heterocycles. The third kappa shape index (κ3) is 3.49. The van der Waals surface area contributed by atoms with Gasteiger partial charge in [-0.1, -0.05) is 26.0 Å². The molecular weight excluding hydrogens is 298 g/mol. The number of nitrogens with zero attached hydrogens (tertiary/aromatic N) is 1. The first-order valence-corrected chi connectivity index (χ1v) is 8.36. The second kappa shape index (κ2) is 5.81. The summed E-state index contributed by atoms with van der Waals surface area (Å²) in [6.45, 7) is 4.18. The molecule has 0 unspecified atom stereocenters. The summed E-state index contributed by atoms with van der Waals surface area (Å²) in [6.07, 6.45) is 1.45. The molecular formula is C14H14ClNO3S. The van der Waals surface area contributed by atoms with Crippen LogP contribution in [-0.4, -0.2) is 13.4 Å². The van der Waals surface area contributed by atoms with Crippen molar-refractivity contribution in [3.8, 4) is 11.6 Å². The molecule has 2 rings (SSSR count). The quantitative estimate of drug-likeness (QED) is 0.803. The zero-order valence-electron chi connectivity index (χ0n) is 11.1. The average molecular weight is 312 g/mol. The van der Waals surface area contributed by atoms with Gasteiger partial charge in [-0.05, 0) is 35.7 Å². The minimum atomic E-state index is -3.89. The van der Waals surface area contributed by atoms with Crippen molar-refractivity contribution in [2.75, 3.05) is 0 Å². The van der Waals surface area contributed by atoms with Gasteiger partial charge in [-0.2, -0.15) is 0 Å². The van der Waals surface area contributed by atoms with Crippen LogP contribution in [0.5, 0.6) is 11.6 Å². The number of aromatic nitrogens is 1. The predicted octanol–water partition coefficient (Wildman–Crippen LogP) is 3.92. The molecule has 4 nitrogen and oxygen atoms in total. The van der Waals surface area contributed by atoms with Gasteiger partial charge in [0.05, 0.1) is 0 Å². The smallest absolute Gasteiger partial charge is 0.266 e. The largest absolute Gasteiger partial charge is 0.438 e. The van der Waals surface area contributed by atoms with Crippen molar-refractivity contribution in [2.45, 2.75) is 24.7 Å². The van der Waals surface area contributed by atoms with Crippen molar-refractivity contribution in [1.29, 1.82) is 0 Å². The fraction of sp³-hybridized carbons (Fsp3) is 0.214. The summed E-state index contributed by atoms with van der Waals surface area (Å²) in [5.41, 5.74) is 1.17. The van der Waals surface area contributed by atoms with Crippen molar-refractivity contribution in [2.24, 2.45) is 0 Å². The maximum Gasteiger partial charge on any atom is 0.266 e. The van der Waals surface area contributed by atoms with Crippen LogP contribution < -0.4 is 4.74 Å². The summed E-state index contributed by atoms with van der Waals surface area (Å²) in [7, 11) is 1.46. The molecule has 0 saturated heterocycles. The van der Waals surface area contributed by atoms with Crippen molar-refractivity contribution < 1.29 is 13.2 Å². The Labute approximate surface area is 122 Å². The Balaban J connectivity index is 2.31. The van der Waals surface area contributed by atoms with Gasteiger partial charge in [-0.3, -0.25) is 0 Å². The number of hydrogen-bond acceptors (Lipinski definition) is 4. The van der Waals surface area contributed by atoms with Crippen LogP contribution in [0.2, 0.25) is 0 Å². The normalized spacial score (nSPS) is 11.6. The van der Waals surface area contributed by atoms with Crippen molar-refractivity contribution in [1.82, 2.24) is 4.98 Å². The molecule has 0 radical (unpaired) electrons. The number of benzene rings is 1. The van der Waals surface area contributed by atoms with Gasteiger partial charge in [0.1, 0.15) is 10.6 Å². The molecule has 2 aromatic rings. The number of ether oxygens (including phenoxy) is 1. The van der Waals surface area contributed by atoms with E-state index in [2.05, 4.69) is 18.8 Å². The van der Waals surface area contributed by atoms with Crippen LogP contribution in [0.25, 0.3) is 0 Å². The molecule has 20 heavy (non-hydrogen) atoms. The third-order valence-electron chi connectivity index (χ3n) is 2.76. The Kier molecular flexibility index (Phi) is 4.30. The fourth-order valence-electron chi connectivity index (χ4n) is 1.67. The zero-order chi connectivity index (χ0) is 14.8. The van der Waals surface area contributed by atoms with Crippen LogP contribution >= 0.6 is 10.7 Å². The second-order valence-electron chi connectivity index (χ2n) is 4.57. The topological polar surface area (TPSA) is 56.3 Å². The summed E-state index contributed by atoms with van der Waals surface area (Å²) in [6, 6.07) is 10.2. The highest BCUT2D eigenvalue weighted by molar-refractivity contribution is 8.13. The van der Waals surface area contributed by atoms with Crippen molar-refractivity contribution in [3.63, 3.8) is 0 Å². The summed E-state index contributed by atoms with van der Waals surface area (Å²) in [4.78, 5) is 3.77. The Morgan fingerprint density at radius 1 is 1.15 bits per heavy atom. The zero-order valence-corrected chi connectivity index (χ0v) is 12.6. The maximum absolute atomic E-state index is 11.4. The predicted molar refractivity (Wildman–Crippen MR) is 77.9 cm³/mol. The van der Waals surface area contributed by atoms with E-state index in [-0.39, 0.29) is 10.8 Å². The van der Waals surface area contributed by atoms with E-state index in [4.69, 9.17) is 15.4 Å². The summed E-state index contributed by atoms with van der Waals surface area (Å²) >= 11 is 0. The minimum Gasteiger partial charge on any atom is -0.438 e. The lowest BCUT2D eigenvalue weighted by molar-refractivity contribution is 0.447. The standard InChI is InChI=1S/C14H14ClNO3S/c1-10(2)11-5-7-12(8-6-11)19-14-13(20(15,17)18)4-3-9-16-14/h3-10H,1-2H3. The molecule has 106 valence electrons. The SMILES string of the molecule is CC(C)c1ccc(Oc2ncccc2S(=O)(=O)Cl)cc1. The summed E-state index contributed by atoms with van der Waals surface area (Å²) < 4.78 is 28.4. The average Bonchev–Trinajstić information content (AvgIpc) is 2.38. The highest BCUT2D eigenvalue weighted by Crippen LogP contribution is 2.29. The van der Waals surface area contributed by atoms with E-state index in [9.17, 15) is 8.42 Å². The van der Waals surface area contributed by atoms with E-state index < -0.39 is 9.05 Å². The molecule has 1 aromatic carbocycles. The molecule has 0 amide bonds. The second-order valence-corrected chi connectivity index (χ2v) is 7.10. The molecule has 0 spiro atoms. The van der Waals surface area contributed by atoms with Crippen LogP contribution in [0, 0.1) is 0 Å². The number of halogens is 1. The lowest BCUT2D eigenvalue weighted by atomic mass is 10.0. The van der Waals surface area contributed by atoms with Crippen molar-refractivity contribution in [3.05, 3.63) is 48.2 Å². The number of pyridine rings is 1. The van der Waals surface area contributed by atoms with Gasteiger partial charge in [0.15, 0.2) is 0 Å². The number of rotatable bonds is 4. The van der Waals surface area contributed by atoms with Crippen molar-refractivity contribution >= 4 is 19.7 Å². The Morgan fingerprint density at radius 2 is 1.80 bits per heavy atom. The molecule has 0 N–H and O–H groups in total. The Morgan fingerprint density at radius 3 is 2.35 bits per heavy atom. The van der Waals surface area contributed by atoms with E-state index in [0.29, 0.717) is 11.7 Å². The van der Waals surface area contributed by atoms with Crippen LogP contribution in [0.3, 0.4) is 0 Å². The van der Waals surface area contributed by atoms with Gasteiger partial charge in [-0.15, -0.1) is 0 Å². The third-order valence-corrected chi connectivity index (χ3v) is 4.09. The maximum atomic E-state index is 11.4. The van der Waals surface area contributed by atoms with E-state index in [0.717, 1.165) is 0 Å². The Bertz CT molecular complexity index is 697. The first-order valence-electron chi connectivity index (χ1n) is 6.05.